The Bertz CT molecular complexity index is 152. The van der Waals surface area contributed by atoms with E-state index in [1.165, 1.54) is 0 Å². The Labute approximate surface area is 90.3 Å². The van der Waals surface area contributed by atoms with Crippen molar-refractivity contribution >= 4 is 5.78 Å². The normalized spacial score (nSPS) is 17.0. The van der Waals surface area contributed by atoms with Crippen LogP contribution < -0.4 is 0 Å². The largest absolute Gasteiger partial charge is 0.394 e. The van der Waals surface area contributed by atoms with Gasteiger partial charge in [0.05, 0.1) is 6.61 Å². The van der Waals surface area contributed by atoms with E-state index in [0.717, 1.165) is 0 Å². The number of ketones is 1. The van der Waals surface area contributed by atoms with Gasteiger partial charge in [-0.15, -0.1) is 0 Å². The summed E-state index contributed by atoms with van der Waals surface area (Å²) in [6, 6.07) is 0. The van der Waals surface area contributed by atoms with Gasteiger partial charge < -0.3 is 25.5 Å². The Balaban J connectivity index is 0. The van der Waals surface area contributed by atoms with Crippen molar-refractivity contribution in [3.05, 3.63) is 0 Å². The van der Waals surface area contributed by atoms with E-state index in [2.05, 4.69) is 0 Å². The average molecular weight is 377 g/mol. The molecule has 5 N–H and O–H groups in total. The standard InChI is InChI=1S/C6H12O6.Au/c7-1-3(9)5(11)6(12)4(10)2-8;/h3,5-9,11-12H,1-2H2;/t3-,5+,6+;/m1./s1. The Hall–Kier alpha value is 0.210. The fraction of sp³-hybridized carbons (Fsp3) is 0.833. The molecule has 0 aliphatic rings. The molecule has 0 spiro atoms. The molecule has 6 nitrogen and oxygen atoms in total. The minimum absolute atomic E-state index is 0. The van der Waals surface area contributed by atoms with Crippen molar-refractivity contribution in [3.63, 3.8) is 0 Å². The maximum absolute atomic E-state index is 10.5. The first-order chi connectivity index (χ1) is 5.54. The maximum Gasteiger partial charge on any atom is 0.189 e. The Morgan fingerprint density at radius 3 is 1.92 bits per heavy atom. The molecule has 0 bridgehead atoms. The molecular weight excluding hydrogens is 365 g/mol. The SMILES string of the molecule is O=C(CO)[C@H](O)[C@@H](O)[C@H](O)CO.[Au]. The van der Waals surface area contributed by atoms with Crippen molar-refractivity contribution in [2.75, 3.05) is 13.2 Å². The van der Waals surface area contributed by atoms with Crippen molar-refractivity contribution in [1.29, 1.82) is 0 Å². The first-order valence-corrected chi connectivity index (χ1v) is 3.33. The number of rotatable bonds is 5. The molecule has 0 rings (SSSR count). The summed E-state index contributed by atoms with van der Waals surface area (Å²) < 4.78 is 0. The van der Waals surface area contributed by atoms with Gasteiger partial charge in [0.25, 0.3) is 0 Å². The third kappa shape index (κ3) is 4.84. The second-order valence-corrected chi connectivity index (χ2v) is 2.31. The molecule has 0 aromatic rings. The zero-order valence-corrected chi connectivity index (χ0v) is 8.76. The summed E-state index contributed by atoms with van der Waals surface area (Å²) in [6.45, 7) is -1.69. The van der Waals surface area contributed by atoms with Crippen LogP contribution in [0.3, 0.4) is 0 Å². The molecule has 0 unspecified atom stereocenters. The number of hydrogen-bond donors (Lipinski definition) is 5. The number of carbonyl (C=O) groups excluding carboxylic acids is 1. The molecular formula is C6H12AuO6. The van der Waals surface area contributed by atoms with Crippen LogP contribution in [0.1, 0.15) is 0 Å². The zero-order chi connectivity index (χ0) is 9.72. The molecule has 3 atom stereocenters. The summed E-state index contributed by atoms with van der Waals surface area (Å²) >= 11 is 0. The molecule has 0 amide bonds. The van der Waals surface area contributed by atoms with Crippen molar-refractivity contribution < 1.29 is 52.7 Å². The Morgan fingerprint density at radius 2 is 1.62 bits per heavy atom. The van der Waals surface area contributed by atoms with E-state index in [1.807, 2.05) is 0 Å². The Morgan fingerprint density at radius 1 is 1.15 bits per heavy atom. The summed E-state index contributed by atoms with van der Waals surface area (Å²) in [7, 11) is 0. The van der Waals surface area contributed by atoms with Gasteiger partial charge in [0.1, 0.15) is 24.9 Å². The van der Waals surface area contributed by atoms with Crippen LogP contribution in [0.2, 0.25) is 0 Å². The number of hydrogen-bond acceptors (Lipinski definition) is 6. The number of Topliss-reactive ketones (excluding diaryl/α,β-unsaturated/α-hetero) is 1. The third-order valence-electron chi connectivity index (χ3n) is 1.39. The van der Waals surface area contributed by atoms with Crippen LogP contribution in [0.15, 0.2) is 0 Å². The van der Waals surface area contributed by atoms with Crippen molar-refractivity contribution in [1.82, 2.24) is 0 Å². The third-order valence-corrected chi connectivity index (χ3v) is 1.39. The van der Waals surface area contributed by atoms with Crippen LogP contribution >= 0.6 is 0 Å². The topological polar surface area (TPSA) is 118 Å². The number of aliphatic hydroxyl groups is 5. The van der Waals surface area contributed by atoms with Crippen LogP contribution in [0.5, 0.6) is 0 Å². The minimum Gasteiger partial charge on any atom is -0.394 e. The van der Waals surface area contributed by atoms with E-state index in [-0.39, 0.29) is 22.4 Å². The summed E-state index contributed by atoms with van der Waals surface area (Å²) in [5, 5.41) is 43.1. The van der Waals surface area contributed by atoms with Crippen LogP contribution in [0.4, 0.5) is 0 Å². The van der Waals surface area contributed by atoms with E-state index in [4.69, 9.17) is 25.5 Å². The molecule has 0 saturated carbocycles. The molecule has 0 aromatic carbocycles. The van der Waals surface area contributed by atoms with Crippen molar-refractivity contribution in [3.8, 4) is 0 Å². The molecule has 1 radical (unpaired) electrons. The molecule has 0 saturated heterocycles. The molecule has 0 aliphatic heterocycles. The molecule has 83 valence electrons. The fourth-order valence-corrected chi connectivity index (χ4v) is 0.602. The van der Waals surface area contributed by atoms with E-state index in [1.54, 1.807) is 0 Å². The monoisotopic (exact) mass is 377 g/mol. The predicted octanol–water partition coefficient (Wildman–Crippen LogP) is -3.38. The summed E-state index contributed by atoms with van der Waals surface area (Å²) in [5.74, 6) is -1.00. The van der Waals surface area contributed by atoms with Gasteiger partial charge in [-0.1, -0.05) is 0 Å². The van der Waals surface area contributed by atoms with Gasteiger partial charge in [-0.25, -0.2) is 0 Å². The molecule has 0 heterocycles. The fourth-order valence-electron chi connectivity index (χ4n) is 0.602. The second kappa shape index (κ2) is 7.60. The average Bonchev–Trinajstić information content (AvgIpc) is 2.12. The van der Waals surface area contributed by atoms with Crippen LogP contribution in [0.25, 0.3) is 0 Å². The molecule has 7 heteroatoms. The molecule has 13 heavy (non-hydrogen) atoms. The van der Waals surface area contributed by atoms with E-state index < -0.39 is 37.3 Å². The number of carbonyl (C=O) groups is 1. The maximum atomic E-state index is 10.5. The van der Waals surface area contributed by atoms with Gasteiger partial charge >= 0.3 is 0 Å². The summed E-state index contributed by atoms with van der Waals surface area (Å²) in [6.07, 6.45) is -5.22. The summed E-state index contributed by atoms with van der Waals surface area (Å²) in [5.41, 5.74) is 0. The van der Waals surface area contributed by atoms with E-state index >= 15 is 0 Å². The van der Waals surface area contributed by atoms with Crippen LogP contribution in [-0.2, 0) is 27.2 Å². The van der Waals surface area contributed by atoms with Crippen molar-refractivity contribution in [2.45, 2.75) is 18.3 Å². The smallest absolute Gasteiger partial charge is 0.189 e. The quantitative estimate of drug-likeness (QED) is 0.319. The second-order valence-electron chi connectivity index (χ2n) is 2.31. The molecule has 0 aliphatic carbocycles. The molecule has 0 fully saturated rings. The van der Waals surface area contributed by atoms with Gasteiger partial charge in [0, 0.05) is 22.4 Å². The van der Waals surface area contributed by atoms with E-state index in [0.29, 0.717) is 0 Å². The minimum atomic E-state index is -1.86. The first kappa shape index (κ1) is 15.7. The molecule has 0 aromatic heterocycles. The zero-order valence-electron chi connectivity index (χ0n) is 6.59. The number of aliphatic hydroxyl groups excluding tert-OH is 5. The van der Waals surface area contributed by atoms with Gasteiger partial charge in [0.15, 0.2) is 5.78 Å². The first-order valence-electron chi connectivity index (χ1n) is 3.33. The van der Waals surface area contributed by atoms with E-state index in [9.17, 15) is 4.79 Å². The van der Waals surface area contributed by atoms with Gasteiger partial charge in [-0.3, -0.25) is 4.79 Å². The van der Waals surface area contributed by atoms with Crippen LogP contribution in [0, 0.1) is 0 Å². The van der Waals surface area contributed by atoms with Crippen LogP contribution in [-0.4, -0.2) is 62.8 Å². The summed E-state index contributed by atoms with van der Waals surface area (Å²) in [4.78, 5) is 10.5. The predicted molar refractivity (Wildman–Crippen MR) is 37.2 cm³/mol. The van der Waals surface area contributed by atoms with Gasteiger partial charge in [-0.05, 0) is 0 Å². The Kier molecular flexibility index (Phi) is 9.16. The van der Waals surface area contributed by atoms with Crippen molar-refractivity contribution in [2.24, 2.45) is 0 Å². The van der Waals surface area contributed by atoms with Gasteiger partial charge in [-0.2, -0.15) is 0 Å². The van der Waals surface area contributed by atoms with Gasteiger partial charge in [0.2, 0.25) is 0 Å².